The first-order valence-corrected chi connectivity index (χ1v) is 7.82. The van der Waals surface area contributed by atoms with Crippen LogP contribution in [0, 0.1) is 0 Å². The molecule has 2 atom stereocenters. The number of hydrogen-bond acceptors (Lipinski definition) is 3. The van der Waals surface area contributed by atoms with E-state index in [1.165, 1.54) is 16.7 Å². The molecule has 0 aliphatic carbocycles. The van der Waals surface area contributed by atoms with Gasteiger partial charge in [0.05, 0.1) is 5.37 Å². The minimum atomic E-state index is -0.924. The topological polar surface area (TPSA) is 69.6 Å². The second-order valence-corrected chi connectivity index (χ2v) is 6.73. The molecule has 0 aromatic rings. The first-order chi connectivity index (χ1) is 8.82. The van der Waals surface area contributed by atoms with E-state index in [0.29, 0.717) is 5.75 Å². The standard InChI is InChI=1S/C13H24N2O3S/c1-5-7-13(3,4)14-12(18)15-9(11(16)17)8-19-10(15)6-2/h9-10H,5-8H2,1-4H3,(H,14,18)(H,16,17). The molecule has 1 aliphatic heterocycles. The minimum absolute atomic E-state index is 0.0430. The zero-order chi connectivity index (χ0) is 14.6. The van der Waals surface area contributed by atoms with Crippen molar-refractivity contribution in [1.82, 2.24) is 10.2 Å². The number of amides is 2. The summed E-state index contributed by atoms with van der Waals surface area (Å²) in [7, 11) is 0. The summed E-state index contributed by atoms with van der Waals surface area (Å²) in [5.41, 5.74) is -0.305. The van der Waals surface area contributed by atoms with E-state index in [9.17, 15) is 14.7 Å². The van der Waals surface area contributed by atoms with Crippen molar-refractivity contribution in [3.8, 4) is 0 Å². The van der Waals surface area contributed by atoms with Gasteiger partial charge in [0.25, 0.3) is 0 Å². The van der Waals surface area contributed by atoms with E-state index >= 15 is 0 Å². The number of nitrogens with one attached hydrogen (secondary N) is 1. The number of carbonyl (C=O) groups excluding carboxylic acids is 1. The Balaban J connectivity index is 2.79. The molecule has 5 nitrogen and oxygen atoms in total. The fraction of sp³-hybridized carbons (Fsp3) is 0.846. The van der Waals surface area contributed by atoms with Crippen LogP contribution >= 0.6 is 11.8 Å². The molecule has 110 valence electrons. The predicted octanol–water partition coefficient (Wildman–Crippen LogP) is 2.51. The average molecular weight is 288 g/mol. The summed E-state index contributed by atoms with van der Waals surface area (Å²) in [5.74, 6) is -0.456. The number of rotatable bonds is 5. The number of urea groups is 1. The van der Waals surface area contributed by atoms with Crippen LogP contribution in [0.2, 0.25) is 0 Å². The van der Waals surface area contributed by atoms with Gasteiger partial charge >= 0.3 is 12.0 Å². The van der Waals surface area contributed by atoms with Crippen LogP contribution < -0.4 is 5.32 Å². The summed E-state index contributed by atoms with van der Waals surface area (Å²) in [6, 6.07) is -0.977. The van der Waals surface area contributed by atoms with Crippen molar-refractivity contribution in [2.75, 3.05) is 5.75 Å². The predicted molar refractivity (Wildman–Crippen MR) is 77.3 cm³/mol. The molecule has 0 bridgehead atoms. The number of hydrogen-bond donors (Lipinski definition) is 2. The Hall–Kier alpha value is -0.910. The second kappa shape index (κ2) is 6.50. The summed E-state index contributed by atoms with van der Waals surface area (Å²) < 4.78 is 0. The Kier molecular flexibility index (Phi) is 5.52. The van der Waals surface area contributed by atoms with E-state index in [0.717, 1.165) is 19.3 Å². The average Bonchev–Trinajstić information content (AvgIpc) is 2.71. The van der Waals surface area contributed by atoms with E-state index in [4.69, 9.17) is 0 Å². The molecule has 19 heavy (non-hydrogen) atoms. The van der Waals surface area contributed by atoms with Gasteiger partial charge in [-0.15, -0.1) is 11.8 Å². The van der Waals surface area contributed by atoms with E-state index in [-0.39, 0.29) is 16.9 Å². The number of carbonyl (C=O) groups is 2. The van der Waals surface area contributed by atoms with Crippen molar-refractivity contribution in [3.63, 3.8) is 0 Å². The van der Waals surface area contributed by atoms with Crippen LogP contribution in [0.15, 0.2) is 0 Å². The highest BCUT2D eigenvalue weighted by Gasteiger charge is 2.41. The summed E-state index contributed by atoms with van der Waals surface area (Å²) in [6.07, 6.45) is 2.60. The minimum Gasteiger partial charge on any atom is -0.480 e. The number of nitrogens with zero attached hydrogens (tertiary/aromatic N) is 1. The largest absolute Gasteiger partial charge is 0.480 e. The van der Waals surface area contributed by atoms with Crippen molar-refractivity contribution in [2.24, 2.45) is 0 Å². The van der Waals surface area contributed by atoms with Gasteiger partial charge in [0.1, 0.15) is 6.04 Å². The summed E-state index contributed by atoms with van der Waals surface area (Å²) in [4.78, 5) is 25.1. The zero-order valence-electron chi connectivity index (χ0n) is 12.1. The highest BCUT2D eigenvalue weighted by Crippen LogP contribution is 2.31. The maximum Gasteiger partial charge on any atom is 0.327 e. The van der Waals surface area contributed by atoms with Gasteiger partial charge in [-0.1, -0.05) is 20.3 Å². The van der Waals surface area contributed by atoms with E-state index < -0.39 is 12.0 Å². The van der Waals surface area contributed by atoms with Crippen molar-refractivity contribution in [3.05, 3.63) is 0 Å². The van der Waals surface area contributed by atoms with Crippen LogP contribution in [0.25, 0.3) is 0 Å². The van der Waals surface area contributed by atoms with Gasteiger partial charge < -0.3 is 10.4 Å². The molecule has 1 heterocycles. The smallest absolute Gasteiger partial charge is 0.327 e. The lowest BCUT2D eigenvalue weighted by Gasteiger charge is -2.32. The zero-order valence-corrected chi connectivity index (χ0v) is 12.9. The molecule has 2 N–H and O–H groups in total. The van der Waals surface area contributed by atoms with Crippen molar-refractivity contribution >= 4 is 23.8 Å². The highest BCUT2D eigenvalue weighted by atomic mass is 32.2. The Morgan fingerprint density at radius 1 is 1.42 bits per heavy atom. The fourth-order valence-electron chi connectivity index (χ4n) is 2.38. The molecule has 1 fully saturated rings. The molecular weight excluding hydrogens is 264 g/mol. The molecule has 0 saturated carbocycles. The van der Waals surface area contributed by atoms with Gasteiger partial charge in [0, 0.05) is 11.3 Å². The summed E-state index contributed by atoms with van der Waals surface area (Å²) in [6.45, 7) is 7.97. The number of carboxylic acid groups (broad SMARTS) is 1. The van der Waals surface area contributed by atoms with Gasteiger partial charge in [0.2, 0.25) is 0 Å². The van der Waals surface area contributed by atoms with Crippen LogP contribution in [-0.4, -0.2) is 44.7 Å². The fourth-order valence-corrected chi connectivity index (χ4v) is 3.73. The van der Waals surface area contributed by atoms with E-state index in [1.54, 1.807) is 0 Å². The maximum absolute atomic E-state index is 12.4. The first-order valence-electron chi connectivity index (χ1n) is 6.77. The first kappa shape index (κ1) is 16.1. The van der Waals surface area contributed by atoms with Gasteiger partial charge in [-0.3, -0.25) is 4.90 Å². The highest BCUT2D eigenvalue weighted by molar-refractivity contribution is 8.00. The van der Waals surface area contributed by atoms with E-state index in [2.05, 4.69) is 12.2 Å². The molecule has 6 heteroatoms. The quantitative estimate of drug-likeness (QED) is 0.815. The molecule has 2 amide bonds. The summed E-state index contributed by atoms with van der Waals surface area (Å²) >= 11 is 1.54. The number of thioether (sulfide) groups is 1. The molecule has 0 spiro atoms. The van der Waals surface area contributed by atoms with E-state index in [1.807, 2.05) is 20.8 Å². The van der Waals surface area contributed by atoms with Gasteiger partial charge in [-0.05, 0) is 26.7 Å². The van der Waals surface area contributed by atoms with Crippen LogP contribution in [0.1, 0.15) is 47.0 Å². The van der Waals surface area contributed by atoms with Gasteiger partial charge in [-0.25, -0.2) is 9.59 Å². The van der Waals surface area contributed by atoms with Gasteiger partial charge in [0.15, 0.2) is 0 Å². The van der Waals surface area contributed by atoms with Crippen molar-refractivity contribution in [1.29, 1.82) is 0 Å². The number of aliphatic carboxylic acids is 1. The molecular formula is C13H24N2O3S. The van der Waals surface area contributed by atoms with Crippen molar-refractivity contribution in [2.45, 2.75) is 63.9 Å². The lowest BCUT2D eigenvalue weighted by molar-refractivity contribution is -0.141. The molecule has 0 aromatic heterocycles. The third kappa shape index (κ3) is 4.03. The van der Waals surface area contributed by atoms with Crippen LogP contribution in [-0.2, 0) is 4.79 Å². The Labute approximate surface area is 119 Å². The third-order valence-corrected chi connectivity index (χ3v) is 4.74. The van der Waals surface area contributed by atoms with Crippen molar-refractivity contribution < 1.29 is 14.7 Å². The maximum atomic E-state index is 12.4. The van der Waals surface area contributed by atoms with Crippen LogP contribution in [0.5, 0.6) is 0 Å². The molecule has 1 rings (SSSR count). The third-order valence-electron chi connectivity index (χ3n) is 3.28. The van der Waals surface area contributed by atoms with Crippen LogP contribution in [0.3, 0.4) is 0 Å². The Morgan fingerprint density at radius 3 is 2.53 bits per heavy atom. The SMILES string of the molecule is CCCC(C)(C)NC(=O)N1C(CC)SCC1C(=O)O. The number of carboxylic acids is 1. The monoisotopic (exact) mass is 288 g/mol. The molecule has 1 saturated heterocycles. The molecule has 0 radical (unpaired) electrons. The normalized spacial score (nSPS) is 23.5. The lowest BCUT2D eigenvalue weighted by atomic mass is 9.99. The Bertz CT molecular complexity index is 347. The Morgan fingerprint density at radius 2 is 2.05 bits per heavy atom. The second-order valence-electron chi connectivity index (χ2n) is 5.52. The van der Waals surface area contributed by atoms with Gasteiger partial charge in [-0.2, -0.15) is 0 Å². The molecule has 0 aromatic carbocycles. The van der Waals surface area contributed by atoms with Crippen LogP contribution in [0.4, 0.5) is 4.79 Å². The lowest BCUT2D eigenvalue weighted by Crippen LogP contribution is -2.55. The molecule has 2 unspecified atom stereocenters. The molecule has 1 aliphatic rings. The summed E-state index contributed by atoms with van der Waals surface area (Å²) in [5, 5.41) is 12.1.